The van der Waals surface area contributed by atoms with E-state index in [-0.39, 0.29) is 12.1 Å². The molecule has 0 fully saturated rings. The van der Waals surface area contributed by atoms with Crippen molar-refractivity contribution in [2.24, 2.45) is 0 Å². The van der Waals surface area contributed by atoms with Gasteiger partial charge in [0.15, 0.2) is 0 Å². The number of hydrogen-bond donors (Lipinski definition) is 2. The third kappa shape index (κ3) is 5.16. The maximum absolute atomic E-state index is 11.8. The van der Waals surface area contributed by atoms with E-state index in [9.17, 15) is 4.79 Å². The Morgan fingerprint density at radius 2 is 2.05 bits per heavy atom. The summed E-state index contributed by atoms with van der Waals surface area (Å²) >= 11 is 0. The fraction of sp³-hybridized carbons (Fsp3) is 0.353. The van der Waals surface area contributed by atoms with Gasteiger partial charge in [-0.1, -0.05) is 12.1 Å². The summed E-state index contributed by atoms with van der Waals surface area (Å²) in [5, 5.41) is 5.76. The van der Waals surface area contributed by atoms with Crippen molar-refractivity contribution in [1.29, 1.82) is 0 Å². The molecule has 2 N–H and O–H groups in total. The monoisotopic (exact) mass is 302 g/mol. The third-order valence-corrected chi connectivity index (χ3v) is 3.39. The van der Waals surface area contributed by atoms with Crippen LogP contribution < -0.4 is 15.4 Å². The van der Waals surface area contributed by atoms with Crippen molar-refractivity contribution in [3.8, 4) is 5.75 Å². The fourth-order valence-electron chi connectivity index (χ4n) is 2.09. The molecular weight excluding hydrogens is 280 g/mol. The molecule has 0 radical (unpaired) electrons. The molecule has 118 valence electrons. The van der Waals surface area contributed by atoms with Gasteiger partial charge < -0.3 is 19.8 Å². The lowest BCUT2D eigenvalue weighted by atomic mass is 10.1. The highest BCUT2D eigenvalue weighted by Crippen LogP contribution is 2.11. The Hall–Kier alpha value is -2.43. The van der Waals surface area contributed by atoms with Crippen LogP contribution in [0.1, 0.15) is 24.7 Å². The van der Waals surface area contributed by atoms with Crippen LogP contribution in [0.3, 0.4) is 0 Å². The van der Waals surface area contributed by atoms with Crippen molar-refractivity contribution in [3.05, 3.63) is 54.0 Å². The van der Waals surface area contributed by atoms with E-state index in [0.717, 1.165) is 29.9 Å². The van der Waals surface area contributed by atoms with Crippen LogP contribution in [0.2, 0.25) is 0 Å². The second-order valence-electron chi connectivity index (χ2n) is 5.19. The summed E-state index contributed by atoms with van der Waals surface area (Å²) in [6.07, 6.45) is 3.31. The van der Waals surface area contributed by atoms with Gasteiger partial charge in [-0.2, -0.15) is 0 Å². The molecule has 0 saturated heterocycles. The van der Waals surface area contributed by atoms with Gasteiger partial charge in [0.2, 0.25) is 0 Å². The Labute approximate surface area is 130 Å². The predicted molar refractivity (Wildman–Crippen MR) is 84.9 cm³/mol. The maximum atomic E-state index is 11.8. The van der Waals surface area contributed by atoms with Crippen LogP contribution in [0.25, 0.3) is 0 Å². The van der Waals surface area contributed by atoms with E-state index in [4.69, 9.17) is 9.15 Å². The molecule has 2 rings (SSSR count). The van der Waals surface area contributed by atoms with Gasteiger partial charge in [-0.3, -0.25) is 0 Å². The number of amides is 2. The van der Waals surface area contributed by atoms with E-state index in [2.05, 4.69) is 10.6 Å². The first kappa shape index (κ1) is 15.9. The van der Waals surface area contributed by atoms with E-state index in [1.54, 1.807) is 13.4 Å². The number of furan rings is 1. The summed E-state index contributed by atoms with van der Waals surface area (Å²) in [4.78, 5) is 11.8. The minimum absolute atomic E-state index is 0.0842. The summed E-state index contributed by atoms with van der Waals surface area (Å²) in [5.74, 6) is 1.74. The van der Waals surface area contributed by atoms with E-state index in [1.165, 1.54) is 0 Å². The number of carbonyl (C=O) groups is 1. The molecule has 1 aromatic heterocycles. The number of benzene rings is 1. The third-order valence-electron chi connectivity index (χ3n) is 3.39. The smallest absolute Gasteiger partial charge is 0.315 e. The van der Waals surface area contributed by atoms with Crippen LogP contribution in [-0.2, 0) is 13.0 Å². The van der Waals surface area contributed by atoms with Gasteiger partial charge in [0.05, 0.1) is 13.4 Å². The van der Waals surface area contributed by atoms with Crippen molar-refractivity contribution in [2.75, 3.05) is 7.11 Å². The van der Waals surface area contributed by atoms with Gasteiger partial charge in [-0.15, -0.1) is 0 Å². The first-order valence-corrected chi connectivity index (χ1v) is 7.37. The Morgan fingerprint density at radius 3 is 2.68 bits per heavy atom. The van der Waals surface area contributed by atoms with Gasteiger partial charge in [0, 0.05) is 19.0 Å². The topological polar surface area (TPSA) is 63.5 Å². The summed E-state index contributed by atoms with van der Waals surface area (Å²) in [7, 11) is 1.63. The molecular formula is C17H22N2O3. The number of rotatable bonds is 7. The van der Waals surface area contributed by atoms with Crippen LogP contribution in [0.4, 0.5) is 4.79 Å². The number of carbonyl (C=O) groups excluding carboxylic acids is 1. The lowest BCUT2D eigenvalue weighted by Crippen LogP contribution is -2.40. The summed E-state index contributed by atoms with van der Waals surface area (Å²) < 4.78 is 10.4. The molecule has 0 aliphatic carbocycles. The Morgan fingerprint density at radius 1 is 1.27 bits per heavy atom. The van der Waals surface area contributed by atoms with Crippen molar-refractivity contribution in [1.82, 2.24) is 10.6 Å². The lowest BCUT2D eigenvalue weighted by molar-refractivity contribution is 0.236. The van der Waals surface area contributed by atoms with E-state index in [0.29, 0.717) is 6.54 Å². The first-order valence-electron chi connectivity index (χ1n) is 7.37. The zero-order valence-corrected chi connectivity index (χ0v) is 13.0. The molecule has 0 spiro atoms. The van der Waals surface area contributed by atoms with Crippen molar-refractivity contribution in [2.45, 2.75) is 32.4 Å². The fourth-order valence-corrected chi connectivity index (χ4v) is 2.09. The molecule has 0 aliphatic rings. The van der Waals surface area contributed by atoms with Gasteiger partial charge in [-0.05, 0) is 43.2 Å². The average molecular weight is 302 g/mol. The molecule has 2 aromatic rings. The van der Waals surface area contributed by atoms with Gasteiger partial charge in [-0.25, -0.2) is 4.79 Å². The molecule has 1 unspecified atom stereocenters. The second kappa shape index (κ2) is 8.12. The molecule has 1 aromatic carbocycles. The van der Waals surface area contributed by atoms with Crippen LogP contribution in [0.5, 0.6) is 5.75 Å². The maximum Gasteiger partial charge on any atom is 0.315 e. The Balaban J connectivity index is 1.68. The summed E-state index contributed by atoms with van der Waals surface area (Å²) in [5.41, 5.74) is 1.03. The van der Waals surface area contributed by atoms with Crippen molar-refractivity contribution in [3.63, 3.8) is 0 Å². The summed E-state index contributed by atoms with van der Waals surface area (Å²) in [6, 6.07) is 11.3. The van der Waals surface area contributed by atoms with Gasteiger partial charge in [0.1, 0.15) is 11.5 Å². The zero-order chi connectivity index (χ0) is 15.8. The molecule has 0 bridgehead atoms. The second-order valence-corrected chi connectivity index (χ2v) is 5.19. The van der Waals surface area contributed by atoms with Gasteiger partial charge in [0.25, 0.3) is 0 Å². The molecule has 2 amide bonds. The Bertz CT molecular complexity index is 564. The summed E-state index contributed by atoms with van der Waals surface area (Å²) in [6.45, 7) is 2.47. The first-order chi connectivity index (χ1) is 10.7. The quantitative estimate of drug-likeness (QED) is 0.826. The minimum atomic E-state index is -0.164. The molecule has 5 heteroatoms. The van der Waals surface area contributed by atoms with E-state index < -0.39 is 0 Å². The number of ether oxygens (including phenoxy) is 1. The Kier molecular flexibility index (Phi) is 5.89. The number of methoxy groups -OCH3 is 1. The standard InChI is InChI=1S/C17H22N2O3/c1-13(5-8-16-4-3-11-22-16)19-17(20)18-12-14-6-9-15(21-2)10-7-14/h3-4,6-7,9-11,13H,5,8,12H2,1-2H3,(H2,18,19,20). The number of urea groups is 1. The highest BCUT2D eigenvalue weighted by molar-refractivity contribution is 5.74. The molecule has 22 heavy (non-hydrogen) atoms. The molecule has 1 heterocycles. The normalized spacial score (nSPS) is 11.7. The lowest BCUT2D eigenvalue weighted by Gasteiger charge is -2.14. The van der Waals surface area contributed by atoms with Crippen LogP contribution in [-0.4, -0.2) is 19.2 Å². The molecule has 0 saturated carbocycles. The molecule has 1 atom stereocenters. The van der Waals surface area contributed by atoms with Crippen molar-refractivity contribution >= 4 is 6.03 Å². The minimum Gasteiger partial charge on any atom is -0.497 e. The van der Waals surface area contributed by atoms with Crippen LogP contribution in [0.15, 0.2) is 47.1 Å². The zero-order valence-electron chi connectivity index (χ0n) is 13.0. The van der Waals surface area contributed by atoms with Gasteiger partial charge >= 0.3 is 6.03 Å². The van der Waals surface area contributed by atoms with E-state index >= 15 is 0 Å². The van der Waals surface area contributed by atoms with Crippen LogP contribution in [0, 0.1) is 0 Å². The largest absolute Gasteiger partial charge is 0.497 e. The molecule has 5 nitrogen and oxygen atoms in total. The van der Waals surface area contributed by atoms with E-state index in [1.807, 2.05) is 43.3 Å². The SMILES string of the molecule is COc1ccc(CNC(=O)NC(C)CCc2ccco2)cc1. The predicted octanol–water partition coefficient (Wildman–Crippen LogP) is 3.11. The number of hydrogen-bond acceptors (Lipinski definition) is 3. The molecule has 0 aliphatic heterocycles. The highest BCUT2D eigenvalue weighted by Gasteiger charge is 2.08. The highest BCUT2D eigenvalue weighted by atomic mass is 16.5. The number of nitrogens with one attached hydrogen (secondary N) is 2. The number of aryl methyl sites for hydroxylation is 1. The average Bonchev–Trinajstić information content (AvgIpc) is 3.05. The van der Waals surface area contributed by atoms with Crippen LogP contribution >= 0.6 is 0 Å². The van der Waals surface area contributed by atoms with Crippen molar-refractivity contribution < 1.29 is 13.9 Å².